The summed E-state index contributed by atoms with van der Waals surface area (Å²) in [4.78, 5) is 11.2. The van der Waals surface area contributed by atoms with Crippen molar-refractivity contribution < 1.29 is 14.3 Å². The minimum atomic E-state index is -0.577. The van der Waals surface area contributed by atoms with E-state index in [4.69, 9.17) is 10.00 Å². The Morgan fingerprint density at radius 3 is 2.64 bits per heavy atom. The van der Waals surface area contributed by atoms with Gasteiger partial charge in [0, 0.05) is 0 Å². The summed E-state index contributed by atoms with van der Waals surface area (Å²) >= 11 is 0. The van der Waals surface area contributed by atoms with E-state index < -0.39 is 5.97 Å². The van der Waals surface area contributed by atoms with Gasteiger partial charge in [-0.25, -0.2) is 4.79 Å². The fraction of sp³-hybridized carbons (Fsp3) is 0.600. The van der Waals surface area contributed by atoms with Gasteiger partial charge in [0.25, 0.3) is 0 Å². The topological polar surface area (TPSA) is 59.3 Å². The van der Waals surface area contributed by atoms with Crippen molar-refractivity contribution in [3.8, 4) is 6.07 Å². The molecule has 4 nitrogen and oxygen atoms in total. The van der Waals surface area contributed by atoms with Crippen LogP contribution in [0.1, 0.15) is 20.3 Å². The lowest BCUT2D eigenvalue weighted by atomic mass is 10.0. The number of rotatable bonds is 1. The first kappa shape index (κ1) is 10.7. The summed E-state index contributed by atoms with van der Waals surface area (Å²) in [6, 6.07) is 1.87. The largest absolute Gasteiger partial charge is 0.465 e. The van der Waals surface area contributed by atoms with Gasteiger partial charge in [-0.05, 0) is 25.8 Å². The van der Waals surface area contributed by atoms with Crippen LogP contribution in [0.3, 0.4) is 0 Å². The Kier molecular flexibility index (Phi) is 3.26. The molecule has 0 aromatic rings. The van der Waals surface area contributed by atoms with Crippen molar-refractivity contribution in [2.75, 3.05) is 7.11 Å². The third-order valence-corrected chi connectivity index (χ3v) is 2.26. The van der Waals surface area contributed by atoms with Crippen LogP contribution in [0.5, 0.6) is 0 Å². The molecule has 1 aliphatic rings. The Morgan fingerprint density at radius 2 is 2.29 bits per heavy atom. The number of nitriles is 1. The molecule has 1 rings (SSSR count). The van der Waals surface area contributed by atoms with Crippen molar-refractivity contribution in [2.24, 2.45) is 0 Å². The van der Waals surface area contributed by atoms with E-state index in [1.807, 2.05) is 19.9 Å². The van der Waals surface area contributed by atoms with E-state index in [0.29, 0.717) is 6.42 Å². The average Bonchev–Trinajstić information content (AvgIpc) is 2.47. The maximum absolute atomic E-state index is 11.2. The molecule has 0 aliphatic carbocycles. The van der Waals surface area contributed by atoms with Crippen LogP contribution in [0.25, 0.3) is 0 Å². The summed E-state index contributed by atoms with van der Waals surface area (Å²) in [5, 5.41) is 8.83. The third-order valence-electron chi connectivity index (χ3n) is 2.26. The molecule has 76 valence electrons. The quantitative estimate of drug-likeness (QED) is 0.358. The van der Waals surface area contributed by atoms with Crippen LogP contribution in [0.15, 0.2) is 11.1 Å². The first-order valence-electron chi connectivity index (χ1n) is 4.47. The highest BCUT2D eigenvalue weighted by Crippen LogP contribution is 2.28. The number of esters is 1. The highest BCUT2D eigenvalue weighted by atomic mass is 16.5. The average molecular weight is 195 g/mol. The number of hydrogen-bond donors (Lipinski definition) is 0. The second-order valence-corrected chi connectivity index (χ2v) is 3.30. The number of nitrogens with zero attached hydrogens (tertiary/aromatic N) is 1. The molecular weight excluding hydrogens is 182 g/mol. The summed E-state index contributed by atoms with van der Waals surface area (Å²) in [6.45, 7) is 3.74. The van der Waals surface area contributed by atoms with Gasteiger partial charge in [0.2, 0.25) is 0 Å². The lowest BCUT2D eigenvalue weighted by Gasteiger charge is -2.05. The van der Waals surface area contributed by atoms with E-state index in [9.17, 15) is 4.79 Å². The second-order valence-electron chi connectivity index (χ2n) is 3.30. The first-order valence-corrected chi connectivity index (χ1v) is 4.47. The lowest BCUT2D eigenvalue weighted by Crippen LogP contribution is -2.11. The number of ether oxygens (including phenoxy) is 2. The molecule has 0 bridgehead atoms. The molecule has 0 N–H and O–H groups in total. The lowest BCUT2D eigenvalue weighted by molar-refractivity contribution is -0.135. The Bertz CT molecular complexity index is 314. The summed E-state index contributed by atoms with van der Waals surface area (Å²) < 4.78 is 9.96. The number of methoxy groups -OCH3 is 1. The maximum Gasteiger partial charge on any atom is 0.348 e. The van der Waals surface area contributed by atoms with Crippen LogP contribution in [-0.4, -0.2) is 25.3 Å². The Hall–Kier alpha value is -1.34. The summed E-state index contributed by atoms with van der Waals surface area (Å²) in [6.07, 6.45) is 0.519. The van der Waals surface area contributed by atoms with E-state index in [1.165, 1.54) is 7.11 Å². The molecule has 1 aliphatic heterocycles. The number of hydrogen-bond acceptors (Lipinski definition) is 4. The molecule has 0 saturated carbocycles. The van der Waals surface area contributed by atoms with E-state index in [2.05, 4.69) is 4.74 Å². The van der Waals surface area contributed by atoms with Crippen molar-refractivity contribution in [3.63, 3.8) is 0 Å². The minimum Gasteiger partial charge on any atom is -0.465 e. The van der Waals surface area contributed by atoms with Gasteiger partial charge in [-0.15, -0.1) is 0 Å². The Morgan fingerprint density at radius 1 is 1.64 bits per heavy atom. The van der Waals surface area contributed by atoms with Crippen molar-refractivity contribution in [1.82, 2.24) is 0 Å². The van der Waals surface area contributed by atoms with Crippen LogP contribution in [0, 0.1) is 11.3 Å². The van der Waals surface area contributed by atoms with E-state index >= 15 is 0 Å². The molecule has 1 fully saturated rings. The predicted molar refractivity (Wildman–Crippen MR) is 49.3 cm³/mol. The van der Waals surface area contributed by atoms with E-state index in [-0.39, 0.29) is 17.8 Å². The smallest absolute Gasteiger partial charge is 0.348 e. The summed E-state index contributed by atoms with van der Waals surface area (Å²) in [5.74, 6) is -0.577. The molecule has 0 spiro atoms. The predicted octanol–water partition coefficient (Wildman–Crippen LogP) is 1.18. The van der Waals surface area contributed by atoms with Gasteiger partial charge in [-0.1, -0.05) is 0 Å². The highest BCUT2D eigenvalue weighted by Gasteiger charge is 2.29. The van der Waals surface area contributed by atoms with E-state index in [1.54, 1.807) is 0 Å². The molecular formula is C10H13NO3. The van der Waals surface area contributed by atoms with Crippen LogP contribution in [-0.2, 0) is 14.3 Å². The van der Waals surface area contributed by atoms with Crippen molar-refractivity contribution in [2.45, 2.75) is 32.5 Å². The van der Waals surface area contributed by atoms with Gasteiger partial charge in [-0.3, -0.25) is 0 Å². The van der Waals surface area contributed by atoms with Gasteiger partial charge in [0.15, 0.2) is 0 Å². The fourth-order valence-electron chi connectivity index (χ4n) is 1.61. The van der Waals surface area contributed by atoms with Gasteiger partial charge in [-0.2, -0.15) is 5.26 Å². The van der Waals surface area contributed by atoms with Crippen LogP contribution in [0.4, 0.5) is 0 Å². The van der Waals surface area contributed by atoms with Crippen molar-refractivity contribution in [3.05, 3.63) is 11.1 Å². The third kappa shape index (κ3) is 1.94. The van der Waals surface area contributed by atoms with Gasteiger partial charge < -0.3 is 9.47 Å². The molecule has 14 heavy (non-hydrogen) atoms. The molecule has 0 radical (unpaired) electrons. The Balaban J connectivity index is 3.01. The molecule has 0 aromatic carbocycles. The normalized spacial score (nSPS) is 29.6. The summed E-state index contributed by atoms with van der Waals surface area (Å²) in [7, 11) is 1.27. The first-order chi connectivity index (χ1) is 6.60. The zero-order valence-corrected chi connectivity index (χ0v) is 8.53. The van der Waals surface area contributed by atoms with Gasteiger partial charge in [0.05, 0.1) is 19.3 Å². The molecule has 2 unspecified atom stereocenters. The molecule has 4 heteroatoms. The van der Waals surface area contributed by atoms with Crippen LogP contribution >= 0.6 is 0 Å². The Labute approximate surface area is 83.1 Å². The van der Waals surface area contributed by atoms with Crippen LogP contribution < -0.4 is 0 Å². The van der Waals surface area contributed by atoms with Gasteiger partial charge in [0.1, 0.15) is 11.6 Å². The van der Waals surface area contributed by atoms with Crippen LogP contribution in [0.2, 0.25) is 0 Å². The molecule has 1 saturated heterocycles. The maximum atomic E-state index is 11.2. The second kappa shape index (κ2) is 4.25. The fourth-order valence-corrected chi connectivity index (χ4v) is 1.61. The molecule has 0 amide bonds. The number of carbonyl (C=O) groups is 1. The molecule has 0 aromatic heterocycles. The standard InChI is InChI=1S/C10H13NO3/c1-6-4-8(7(2)14-6)9(5-11)10(12)13-3/h6-7H,4H2,1-3H3/b9-8-. The molecule has 1 heterocycles. The number of carbonyl (C=O) groups excluding carboxylic acids is 1. The van der Waals surface area contributed by atoms with E-state index in [0.717, 1.165) is 5.57 Å². The monoisotopic (exact) mass is 195 g/mol. The van der Waals surface area contributed by atoms with Crippen molar-refractivity contribution >= 4 is 5.97 Å². The van der Waals surface area contributed by atoms with Gasteiger partial charge >= 0.3 is 5.97 Å². The zero-order valence-electron chi connectivity index (χ0n) is 8.53. The molecule has 2 atom stereocenters. The summed E-state index contributed by atoms with van der Waals surface area (Å²) in [5.41, 5.74) is 0.830. The minimum absolute atomic E-state index is 0.0630. The zero-order chi connectivity index (χ0) is 10.7. The highest BCUT2D eigenvalue weighted by molar-refractivity contribution is 5.93. The SMILES string of the molecule is COC(=O)/C(C#N)=C1/CC(C)OC1C. The van der Waals surface area contributed by atoms with Crippen molar-refractivity contribution in [1.29, 1.82) is 5.26 Å².